The molecule has 0 saturated carbocycles. The van der Waals surface area contributed by atoms with E-state index in [0.29, 0.717) is 0 Å². The summed E-state index contributed by atoms with van der Waals surface area (Å²) >= 11 is 0. The smallest absolute Gasteiger partial charge is 0.253 e. The van der Waals surface area contributed by atoms with Gasteiger partial charge in [0, 0.05) is 22.6 Å². The summed E-state index contributed by atoms with van der Waals surface area (Å²) in [6.45, 7) is 0. The maximum Gasteiger partial charge on any atom is 0.253 e. The van der Waals surface area contributed by atoms with Crippen molar-refractivity contribution in [2.45, 2.75) is 19.3 Å². The lowest BCUT2D eigenvalue weighted by molar-refractivity contribution is -0.113. The molecule has 0 atom stereocenters. The normalized spacial score (nSPS) is 14.1. The lowest BCUT2D eigenvalue weighted by atomic mass is 10.2. The molecular weight excluding hydrogens is 260 g/mol. The predicted octanol–water partition coefficient (Wildman–Crippen LogP) is 4.18. The minimum absolute atomic E-state index is 0.00266. The standard InChI is InChI=1S/C18H18N2O/c21-18(20-15-10-5-2-6-11-15)16-12-7-13-17(16)19-14-8-3-1-4-9-14/h1-6,8-11,19H,7,12-13H2,(H,20,21). The van der Waals surface area contributed by atoms with E-state index in [1.54, 1.807) is 0 Å². The van der Waals surface area contributed by atoms with Crippen molar-refractivity contribution in [3.8, 4) is 0 Å². The second-order valence-electron chi connectivity index (χ2n) is 5.12. The van der Waals surface area contributed by atoms with Crippen LogP contribution in [0.5, 0.6) is 0 Å². The number of rotatable bonds is 4. The average Bonchev–Trinajstić information content (AvgIpc) is 2.97. The van der Waals surface area contributed by atoms with Gasteiger partial charge < -0.3 is 10.6 Å². The van der Waals surface area contributed by atoms with E-state index < -0.39 is 0 Å². The number of hydrogen-bond donors (Lipinski definition) is 2. The van der Waals surface area contributed by atoms with Gasteiger partial charge >= 0.3 is 0 Å². The van der Waals surface area contributed by atoms with Crippen LogP contribution in [0.15, 0.2) is 71.9 Å². The Balaban J connectivity index is 1.75. The van der Waals surface area contributed by atoms with Gasteiger partial charge in [0.1, 0.15) is 0 Å². The summed E-state index contributed by atoms with van der Waals surface area (Å²) < 4.78 is 0. The highest BCUT2D eigenvalue weighted by Gasteiger charge is 2.21. The van der Waals surface area contributed by atoms with Crippen LogP contribution >= 0.6 is 0 Å². The SMILES string of the molecule is O=C(Nc1ccccc1)C1=C(Nc2ccccc2)CCC1. The van der Waals surface area contributed by atoms with Crippen LogP contribution < -0.4 is 10.6 Å². The molecule has 2 N–H and O–H groups in total. The quantitative estimate of drug-likeness (QED) is 0.881. The molecule has 1 aliphatic rings. The Kier molecular flexibility index (Phi) is 4.01. The van der Waals surface area contributed by atoms with Crippen LogP contribution in [0, 0.1) is 0 Å². The third-order valence-electron chi connectivity index (χ3n) is 3.59. The zero-order chi connectivity index (χ0) is 14.5. The van der Waals surface area contributed by atoms with Gasteiger partial charge in [0.15, 0.2) is 0 Å². The fraction of sp³-hybridized carbons (Fsp3) is 0.167. The number of anilines is 2. The van der Waals surface area contributed by atoms with Crippen LogP contribution in [0.4, 0.5) is 11.4 Å². The number of allylic oxidation sites excluding steroid dienone is 1. The summed E-state index contributed by atoms with van der Waals surface area (Å²) in [7, 11) is 0. The van der Waals surface area contributed by atoms with Crippen LogP contribution in [0.2, 0.25) is 0 Å². The van der Waals surface area contributed by atoms with Gasteiger partial charge in [-0.15, -0.1) is 0 Å². The van der Waals surface area contributed by atoms with E-state index in [0.717, 1.165) is 41.9 Å². The van der Waals surface area contributed by atoms with Crippen molar-refractivity contribution < 1.29 is 4.79 Å². The topological polar surface area (TPSA) is 41.1 Å². The second kappa shape index (κ2) is 6.27. The molecule has 0 saturated heterocycles. The highest BCUT2D eigenvalue weighted by atomic mass is 16.1. The molecule has 3 heteroatoms. The first-order chi connectivity index (χ1) is 10.3. The Morgan fingerprint density at radius 1 is 0.810 bits per heavy atom. The molecule has 0 fully saturated rings. The number of carbonyl (C=O) groups is 1. The van der Waals surface area contributed by atoms with Crippen molar-refractivity contribution in [1.29, 1.82) is 0 Å². The maximum absolute atomic E-state index is 12.4. The second-order valence-corrected chi connectivity index (χ2v) is 5.12. The lowest BCUT2D eigenvalue weighted by Crippen LogP contribution is -2.16. The minimum atomic E-state index is -0.00266. The van der Waals surface area contributed by atoms with Gasteiger partial charge in [0.2, 0.25) is 0 Å². The van der Waals surface area contributed by atoms with Gasteiger partial charge in [-0.05, 0) is 43.5 Å². The molecule has 3 nitrogen and oxygen atoms in total. The molecule has 0 unspecified atom stereocenters. The Hall–Kier alpha value is -2.55. The van der Waals surface area contributed by atoms with Crippen molar-refractivity contribution in [3.05, 3.63) is 71.9 Å². The first-order valence-corrected chi connectivity index (χ1v) is 7.23. The highest BCUT2D eigenvalue weighted by Crippen LogP contribution is 2.28. The highest BCUT2D eigenvalue weighted by molar-refractivity contribution is 6.04. The zero-order valence-corrected chi connectivity index (χ0v) is 11.8. The van der Waals surface area contributed by atoms with Crippen molar-refractivity contribution in [1.82, 2.24) is 0 Å². The van der Waals surface area contributed by atoms with E-state index in [4.69, 9.17) is 0 Å². The summed E-state index contributed by atoms with van der Waals surface area (Å²) in [5.41, 5.74) is 3.76. The molecule has 106 valence electrons. The molecule has 0 radical (unpaired) electrons. The molecule has 1 aliphatic carbocycles. The molecule has 0 spiro atoms. The summed E-state index contributed by atoms with van der Waals surface area (Å²) in [5, 5.41) is 6.34. The molecule has 0 heterocycles. The van der Waals surface area contributed by atoms with E-state index in [1.807, 2.05) is 60.7 Å². The first-order valence-electron chi connectivity index (χ1n) is 7.23. The van der Waals surface area contributed by atoms with Crippen molar-refractivity contribution in [3.63, 3.8) is 0 Å². The summed E-state index contributed by atoms with van der Waals surface area (Å²) in [6.07, 6.45) is 2.77. The van der Waals surface area contributed by atoms with Crippen LogP contribution in [0.1, 0.15) is 19.3 Å². The largest absolute Gasteiger partial charge is 0.359 e. The summed E-state index contributed by atoms with van der Waals surface area (Å²) in [6, 6.07) is 19.6. The fourth-order valence-electron chi connectivity index (χ4n) is 2.56. The van der Waals surface area contributed by atoms with Crippen molar-refractivity contribution in [2.75, 3.05) is 10.6 Å². The number of amides is 1. The maximum atomic E-state index is 12.4. The molecule has 3 rings (SSSR count). The van der Waals surface area contributed by atoms with E-state index in [-0.39, 0.29) is 5.91 Å². The summed E-state index contributed by atoms with van der Waals surface area (Å²) in [5.74, 6) is -0.00266. The minimum Gasteiger partial charge on any atom is -0.359 e. The fourth-order valence-corrected chi connectivity index (χ4v) is 2.56. The van der Waals surface area contributed by atoms with E-state index in [9.17, 15) is 4.79 Å². The molecule has 1 amide bonds. The third-order valence-corrected chi connectivity index (χ3v) is 3.59. The molecule has 2 aromatic rings. The Bertz CT molecular complexity index is 647. The molecule has 0 bridgehead atoms. The monoisotopic (exact) mass is 278 g/mol. The van der Waals surface area contributed by atoms with E-state index in [2.05, 4.69) is 10.6 Å². The van der Waals surface area contributed by atoms with Crippen LogP contribution in [0.3, 0.4) is 0 Å². The first kappa shape index (κ1) is 13.4. The van der Waals surface area contributed by atoms with Gasteiger partial charge in [-0.2, -0.15) is 0 Å². The molecule has 21 heavy (non-hydrogen) atoms. The van der Waals surface area contributed by atoms with Crippen LogP contribution in [0.25, 0.3) is 0 Å². The number of carbonyl (C=O) groups excluding carboxylic acids is 1. The Morgan fingerprint density at radius 3 is 2.10 bits per heavy atom. The van der Waals surface area contributed by atoms with E-state index >= 15 is 0 Å². The van der Waals surface area contributed by atoms with Crippen molar-refractivity contribution in [2.24, 2.45) is 0 Å². The summed E-state index contributed by atoms with van der Waals surface area (Å²) in [4.78, 5) is 12.4. The van der Waals surface area contributed by atoms with Gasteiger partial charge in [-0.3, -0.25) is 4.79 Å². The van der Waals surface area contributed by atoms with Gasteiger partial charge in [-0.1, -0.05) is 36.4 Å². The number of hydrogen-bond acceptors (Lipinski definition) is 2. The number of para-hydroxylation sites is 2. The van der Waals surface area contributed by atoms with Crippen molar-refractivity contribution >= 4 is 17.3 Å². The van der Waals surface area contributed by atoms with Gasteiger partial charge in [-0.25, -0.2) is 0 Å². The molecule has 2 aromatic carbocycles. The van der Waals surface area contributed by atoms with Crippen LogP contribution in [-0.4, -0.2) is 5.91 Å². The number of benzene rings is 2. The lowest BCUT2D eigenvalue weighted by Gasteiger charge is -2.11. The Labute approximate surface area is 124 Å². The Morgan fingerprint density at radius 2 is 1.43 bits per heavy atom. The van der Waals surface area contributed by atoms with Gasteiger partial charge in [0.05, 0.1) is 0 Å². The van der Waals surface area contributed by atoms with Crippen LogP contribution in [-0.2, 0) is 4.79 Å². The molecule has 0 aromatic heterocycles. The predicted molar refractivity (Wildman–Crippen MR) is 86.0 cm³/mol. The third kappa shape index (κ3) is 3.31. The zero-order valence-electron chi connectivity index (χ0n) is 11.8. The number of nitrogens with one attached hydrogen (secondary N) is 2. The van der Waals surface area contributed by atoms with Gasteiger partial charge in [0.25, 0.3) is 5.91 Å². The molecule has 0 aliphatic heterocycles. The molecular formula is C18H18N2O. The van der Waals surface area contributed by atoms with E-state index in [1.165, 1.54) is 0 Å². The average molecular weight is 278 g/mol.